The normalized spacial score (nSPS) is 14.9. The minimum atomic E-state index is -4.49. The zero-order valence-electron chi connectivity index (χ0n) is 16.0. The van der Waals surface area contributed by atoms with E-state index in [2.05, 4.69) is 5.32 Å². The number of alkyl halides is 3. The number of nitrogens with one attached hydrogen (secondary N) is 1. The maximum atomic E-state index is 13.4. The van der Waals surface area contributed by atoms with Crippen LogP contribution in [-0.4, -0.2) is 34.7 Å². The minimum absolute atomic E-state index is 0.0846. The van der Waals surface area contributed by atoms with Gasteiger partial charge in [0.05, 0.1) is 10.5 Å². The van der Waals surface area contributed by atoms with Gasteiger partial charge in [0.25, 0.3) is 5.91 Å². The van der Waals surface area contributed by atoms with Crippen molar-refractivity contribution in [3.8, 4) is 0 Å². The van der Waals surface area contributed by atoms with E-state index in [0.29, 0.717) is 12.8 Å². The van der Waals surface area contributed by atoms with Gasteiger partial charge in [0, 0.05) is 36.3 Å². The molecule has 1 fully saturated rings. The smallest absolute Gasteiger partial charge is 0.339 e. The molecule has 0 spiro atoms. The lowest BCUT2D eigenvalue weighted by molar-refractivity contribution is -0.387. The second kappa shape index (κ2) is 8.70. The highest BCUT2D eigenvalue weighted by atomic mass is 19.4. The number of nitro benzene ring substituents is 1. The third-order valence-electron chi connectivity index (χ3n) is 5.02. The van der Waals surface area contributed by atoms with Crippen molar-refractivity contribution in [3.63, 3.8) is 0 Å². The Morgan fingerprint density at radius 3 is 2.23 bits per heavy atom. The standard InChI is InChI=1S/C20H17F4N3O4/c21-16-6-5-15(11-17(16)27(30)31)25-18(28)12-7-9-26(10-8-12)19(29)13-1-3-14(4-2-13)20(22,23)24/h1-6,11-12H,7-10H2,(H,25,28). The summed E-state index contributed by atoms with van der Waals surface area (Å²) in [6, 6.07) is 6.94. The van der Waals surface area contributed by atoms with Crippen LogP contribution in [0.2, 0.25) is 0 Å². The molecular formula is C20H17F4N3O4. The molecule has 0 bridgehead atoms. The van der Waals surface area contributed by atoms with Crippen molar-refractivity contribution in [2.24, 2.45) is 5.92 Å². The maximum absolute atomic E-state index is 13.4. The van der Waals surface area contributed by atoms with Crippen LogP contribution in [0, 0.1) is 21.8 Å². The predicted molar refractivity (Wildman–Crippen MR) is 102 cm³/mol. The average molecular weight is 439 g/mol. The largest absolute Gasteiger partial charge is 0.416 e. The molecule has 1 saturated heterocycles. The van der Waals surface area contributed by atoms with Crippen LogP contribution in [0.15, 0.2) is 42.5 Å². The molecule has 0 aromatic heterocycles. The Labute approximate surface area is 173 Å². The number of likely N-dealkylation sites (tertiary alicyclic amines) is 1. The Morgan fingerprint density at radius 1 is 1.06 bits per heavy atom. The molecule has 1 N–H and O–H groups in total. The van der Waals surface area contributed by atoms with E-state index in [0.717, 1.165) is 36.4 Å². The first-order valence-electron chi connectivity index (χ1n) is 9.27. The summed E-state index contributed by atoms with van der Waals surface area (Å²) in [5.41, 5.74) is -1.40. The number of nitrogens with zero attached hydrogens (tertiary/aromatic N) is 2. The van der Waals surface area contributed by atoms with Gasteiger partial charge in [-0.15, -0.1) is 0 Å². The fraction of sp³-hybridized carbons (Fsp3) is 0.300. The van der Waals surface area contributed by atoms with Crippen molar-refractivity contribution < 1.29 is 32.1 Å². The first kappa shape index (κ1) is 22.2. The van der Waals surface area contributed by atoms with Gasteiger partial charge in [0.1, 0.15) is 0 Å². The Hall–Kier alpha value is -3.50. The molecule has 31 heavy (non-hydrogen) atoms. The van der Waals surface area contributed by atoms with Crippen molar-refractivity contribution in [2.75, 3.05) is 18.4 Å². The fourth-order valence-corrected chi connectivity index (χ4v) is 3.30. The Bertz CT molecular complexity index is 1000. The summed E-state index contributed by atoms with van der Waals surface area (Å²) in [5, 5.41) is 13.3. The number of rotatable bonds is 4. The van der Waals surface area contributed by atoms with E-state index in [1.807, 2.05) is 0 Å². The molecule has 0 unspecified atom stereocenters. The van der Waals surface area contributed by atoms with E-state index in [9.17, 15) is 37.3 Å². The molecule has 0 atom stereocenters. The first-order valence-corrected chi connectivity index (χ1v) is 9.27. The van der Waals surface area contributed by atoms with E-state index in [-0.39, 0.29) is 24.3 Å². The van der Waals surface area contributed by atoms with Crippen LogP contribution in [0.3, 0.4) is 0 Å². The van der Waals surface area contributed by atoms with Gasteiger partial charge in [-0.2, -0.15) is 17.6 Å². The Kier molecular flexibility index (Phi) is 6.23. The number of carbonyl (C=O) groups excluding carboxylic acids is 2. The average Bonchev–Trinajstić information content (AvgIpc) is 2.74. The van der Waals surface area contributed by atoms with Crippen molar-refractivity contribution in [2.45, 2.75) is 19.0 Å². The van der Waals surface area contributed by atoms with Crippen LogP contribution in [0.4, 0.5) is 28.9 Å². The Balaban J connectivity index is 1.58. The number of hydrogen-bond donors (Lipinski definition) is 1. The third kappa shape index (κ3) is 5.16. The van der Waals surface area contributed by atoms with Crippen LogP contribution in [0.5, 0.6) is 0 Å². The molecule has 7 nitrogen and oxygen atoms in total. The van der Waals surface area contributed by atoms with E-state index < -0.39 is 45.9 Å². The highest BCUT2D eigenvalue weighted by Gasteiger charge is 2.31. The number of halogens is 4. The molecule has 1 aliphatic rings. The number of benzene rings is 2. The molecule has 164 valence electrons. The lowest BCUT2D eigenvalue weighted by atomic mass is 9.95. The molecule has 2 aromatic carbocycles. The fourth-order valence-electron chi connectivity index (χ4n) is 3.30. The Morgan fingerprint density at radius 2 is 1.68 bits per heavy atom. The molecule has 0 radical (unpaired) electrons. The predicted octanol–water partition coefficient (Wildman–Crippen LogP) is 4.24. The molecule has 3 rings (SSSR count). The monoisotopic (exact) mass is 439 g/mol. The van der Waals surface area contributed by atoms with Gasteiger partial charge < -0.3 is 10.2 Å². The van der Waals surface area contributed by atoms with E-state index in [1.165, 1.54) is 11.0 Å². The van der Waals surface area contributed by atoms with Gasteiger partial charge in [-0.05, 0) is 49.2 Å². The molecule has 0 aliphatic carbocycles. The summed E-state index contributed by atoms with van der Waals surface area (Å²) in [6.07, 6.45) is -3.87. The lowest BCUT2D eigenvalue weighted by Crippen LogP contribution is -2.41. The summed E-state index contributed by atoms with van der Waals surface area (Å²) < 4.78 is 51.3. The van der Waals surface area contributed by atoms with Crippen molar-refractivity contribution in [3.05, 3.63) is 69.5 Å². The van der Waals surface area contributed by atoms with Gasteiger partial charge in [-0.3, -0.25) is 19.7 Å². The summed E-state index contributed by atoms with van der Waals surface area (Å²) in [6.45, 7) is 0.447. The van der Waals surface area contributed by atoms with Crippen LogP contribution in [0.25, 0.3) is 0 Å². The molecule has 0 saturated carbocycles. The molecule has 2 amide bonds. The quantitative estimate of drug-likeness (QED) is 0.438. The summed E-state index contributed by atoms with van der Waals surface area (Å²) in [5.74, 6) is -2.33. The number of nitro groups is 1. The second-order valence-electron chi connectivity index (χ2n) is 7.05. The number of hydrogen-bond acceptors (Lipinski definition) is 4. The number of carbonyl (C=O) groups is 2. The van der Waals surface area contributed by atoms with Crippen LogP contribution in [-0.2, 0) is 11.0 Å². The highest BCUT2D eigenvalue weighted by molar-refractivity contribution is 5.95. The highest BCUT2D eigenvalue weighted by Crippen LogP contribution is 2.30. The summed E-state index contributed by atoms with van der Waals surface area (Å²) in [7, 11) is 0. The molecule has 1 aliphatic heterocycles. The van der Waals surface area contributed by atoms with Crippen LogP contribution >= 0.6 is 0 Å². The molecular weight excluding hydrogens is 422 g/mol. The number of anilines is 1. The molecule has 1 heterocycles. The zero-order chi connectivity index (χ0) is 22.8. The zero-order valence-corrected chi connectivity index (χ0v) is 16.0. The maximum Gasteiger partial charge on any atom is 0.416 e. The minimum Gasteiger partial charge on any atom is -0.339 e. The van der Waals surface area contributed by atoms with Crippen LogP contribution in [0.1, 0.15) is 28.8 Å². The van der Waals surface area contributed by atoms with Crippen molar-refractivity contribution in [1.29, 1.82) is 0 Å². The van der Waals surface area contributed by atoms with Gasteiger partial charge in [0.15, 0.2) is 0 Å². The van der Waals surface area contributed by atoms with Crippen molar-refractivity contribution in [1.82, 2.24) is 4.90 Å². The van der Waals surface area contributed by atoms with E-state index in [4.69, 9.17) is 0 Å². The van der Waals surface area contributed by atoms with Gasteiger partial charge in [-0.1, -0.05) is 0 Å². The topological polar surface area (TPSA) is 92.5 Å². The SMILES string of the molecule is O=C(Nc1ccc(F)c([N+](=O)[O-])c1)C1CCN(C(=O)c2ccc(C(F)(F)F)cc2)CC1. The molecule has 11 heteroatoms. The first-order chi connectivity index (χ1) is 14.6. The summed E-state index contributed by atoms with van der Waals surface area (Å²) in [4.78, 5) is 36.3. The van der Waals surface area contributed by atoms with Crippen LogP contribution < -0.4 is 5.32 Å². The number of amides is 2. The van der Waals surface area contributed by atoms with Gasteiger partial charge >= 0.3 is 11.9 Å². The molecule has 2 aromatic rings. The van der Waals surface area contributed by atoms with E-state index >= 15 is 0 Å². The second-order valence-corrected chi connectivity index (χ2v) is 7.05. The van der Waals surface area contributed by atoms with Crippen molar-refractivity contribution >= 4 is 23.2 Å². The third-order valence-corrected chi connectivity index (χ3v) is 5.02. The lowest BCUT2D eigenvalue weighted by Gasteiger charge is -2.31. The van der Waals surface area contributed by atoms with Gasteiger partial charge in [0.2, 0.25) is 11.7 Å². The number of piperidine rings is 1. The van der Waals surface area contributed by atoms with Gasteiger partial charge in [-0.25, -0.2) is 0 Å². The summed E-state index contributed by atoms with van der Waals surface area (Å²) >= 11 is 0. The van der Waals surface area contributed by atoms with E-state index in [1.54, 1.807) is 0 Å².